The number of ether oxygens (including phenoxy) is 1. The molecular formula is C19H21FN2O3. The van der Waals surface area contributed by atoms with Gasteiger partial charge in [-0.2, -0.15) is 5.10 Å². The number of aromatic nitrogens is 2. The average molecular weight is 344 g/mol. The van der Waals surface area contributed by atoms with Gasteiger partial charge in [-0.25, -0.2) is 9.18 Å². The van der Waals surface area contributed by atoms with Gasteiger partial charge in [0, 0.05) is 36.4 Å². The fourth-order valence-corrected chi connectivity index (χ4v) is 2.42. The van der Waals surface area contributed by atoms with E-state index in [0.717, 1.165) is 17.0 Å². The van der Waals surface area contributed by atoms with Crippen LogP contribution in [0.25, 0.3) is 6.08 Å². The number of aryl methyl sites for hydroxylation is 2. The minimum absolute atomic E-state index is 0.104. The lowest BCUT2D eigenvalue weighted by molar-refractivity contribution is -0.137. The quantitative estimate of drug-likeness (QED) is 0.334. The number of Topliss-reactive ketones (excluding diaryl/α,β-unsaturated/α-hetero) is 1. The molecule has 2 rings (SSSR count). The number of nitrogens with zero attached hydrogens (tertiary/aromatic N) is 2. The van der Waals surface area contributed by atoms with E-state index in [1.807, 2.05) is 20.9 Å². The van der Waals surface area contributed by atoms with Crippen LogP contribution < -0.4 is 0 Å². The summed E-state index contributed by atoms with van der Waals surface area (Å²) in [6.07, 6.45) is 3.70. The van der Waals surface area contributed by atoms with E-state index in [1.54, 1.807) is 10.8 Å². The number of carbonyl (C=O) groups is 2. The van der Waals surface area contributed by atoms with Gasteiger partial charge in [-0.15, -0.1) is 0 Å². The Morgan fingerprint density at radius 2 is 1.92 bits per heavy atom. The van der Waals surface area contributed by atoms with E-state index >= 15 is 0 Å². The molecule has 0 fully saturated rings. The van der Waals surface area contributed by atoms with Crippen LogP contribution in [-0.4, -0.2) is 28.1 Å². The molecule has 0 unspecified atom stereocenters. The zero-order valence-corrected chi connectivity index (χ0v) is 14.6. The highest BCUT2D eigenvalue weighted by Crippen LogP contribution is 2.13. The molecule has 2 aromatic rings. The lowest BCUT2D eigenvalue weighted by Crippen LogP contribution is -2.05. The summed E-state index contributed by atoms with van der Waals surface area (Å²) in [7, 11) is 1.84. The SMILES string of the molecule is Cc1nn(C)c(C)c1/C=C/C(=O)OCCCC(=O)c1ccc(F)cc1. The van der Waals surface area contributed by atoms with Gasteiger partial charge in [-0.3, -0.25) is 9.48 Å². The zero-order valence-electron chi connectivity index (χ0n) is 14.6. The first-order valence-electron chi connectivity index (χ1n) is 8.02. The summed E-state index contributed by atoms with van der Waals surface area (Å²) in [5.41, 5.74) is 3.15. The van der Waals surface area contributed by atoms with E-state index in [4.69, 9.17) is 4.74 Å². The highest BCUT2D eigenvalue weighted by atomic mass is 19.1. The average Bonchev–Trinajstić information content (AvgIpc) is 2.82. The number of hydrogen-bond acceptors (Lipinski definition) is 4. The van der Waals surface area contributed by atoms with Crippen LogP contribution in [-0.2, 0) is 16.6 Å². The number of esters is 1. The summed E-state index contributed by atoms with van der Waals surface area (Å²) in [5.74, 6) is -0.943. The van der Waals surface area contributed by atoms with E-state index in [-0.39, 0.29) is 24.6 Å². The van der Waals surface area contributed by atoms with Crippen molar-refractivity contribution in [2.45, 2.75) is 26.7 Å². The third-order valence-electron chi connectivity index (χ3n) is 3.91. The molecular weight excluding hydrogens is 323 g/mol. The molecule has 6 heteroatoms. The van der Waals surface area contributed by atoms with Gasteiger partial charge in [0.25, 0.3) is 0 Å². The molecule has 1 aromatic carbocycles. The Morgan fingerprint density at radius 1 is 1.24 bits per heavy atom. The number of halogens is 1. The van der Waals surface area contributed by atoms with Crippen LogP contribution in [0, 0.1) is 19.7 Å². The maximum Gasteiger partial charge on any atom is 0.330 e. The van der Waals surface area contributed by atoms with Crippen molar-refractivity contribution in [2.24, 2.45) is 7.05 Å². The highest BCUT2D eigenvalue weighted by molar-refractivity contribution is 5.96. The van der Waals surface area contributed by atoms with Gasteiger partial charge in [0.2, 0.25) is 0 Å². The molecule has 0 aliphatic rings. The third-order valence-corrected chi connectivity index (χ3v) is 3.91. The van der Waals surface area contributed by atoms with E-state index in [2.05, 4.69) is 5.10 Å². The highest BCUT2D eigenvalue weighted by Gasteiger charge is 2.08. The third kappa shape index (κ3) is 5.11. The Bertz CT molecular complexity index is 792. The van der Waals surface area contributed by atoms with Crippen LogP contribution in [0.5, 0.6) is 0 Å². The van der Waals surface area contributed by atoms with Crippen LogP contribution in [0.1, 0.15) is 40.2 Å². The van der Waals surface area contributed by atoms with Crippen LogP contribution in [0.2, 0.25) is 0 Å². The maximum atomic E-state index is 12.8. The summed E-state index contributed by atoms with van der Waals surface area (Å²) in [4.78, 5) is 23.6. The lowest BCUT2D eigenvalue weighted by Gasteiger charge is -2.03. The Labute approximate surface area is 146 Å². The van der Waals surface area contributed by atoms with Gasteiger partial charge in [0.15, 0.2) is 5.78 Å². The van der Waals surface area contributed by atoms with Crippen molar-refractivity contribution in [1.82, 2.24) is 9.78 Å². The fourth-order valence-electron chi connectivity index (χ4n) is 2.42. The summed E-state index contributed by atoms with van der Waals surface area (Å²) in [6.45, 7) is 3.95. The summed E-state index contributed by atoms with van der Waals surface area (Å²) in [5, 5.41) is 4.27. The van der Waals surface area contributed by atoms with E-state index in [1.165, 1.54) is 30.3 Å². The fraction of sp³-hybridized carbons (Fsp3) is 0.316. The summed E-state index contributed by atoms with van der Waals surface area (Å²) in [6, 6.07) is 5.40. The second kappa shape index (κ2) is 8.37. The monoisotopic (exact) mass is 344 g/mol. The lowest BCUT2D eigenvalue weighted by atomic mass is 10.1. The van der Waals surface area contributed by atoms with Crippen molar-refractivity contribution >= 4 is 17.8 Å². The molecule has 1 aromatic heterocycles. The molecule has 0 amide bonds. The minimum Gasteiger partial charge on any atom is -0.463 e. The number of ketones is 1. The standard InChI is InChI=1S/C19H21FN2O3/c1-13-17(14(2)22(3)21-13)10-11-19(24)25-12-4-5-18(23)15-6-8-16(20)9-7-15/h6-11H,4-5,12H2,1-3H3/b11-10+. The van der Waals surface area contributed by atoms with Crippen molar-refractivity contribution < 1.29 is 18.7 Å². The minimum atomic E-state index is -0.461. The van der Waals surface area contributed by atoms with E-state index in [9.17, 15) is 14.0 Å². The second-order valence-electron chi connectivity index (χ2n) is 5.74. The predicted molar refractivity (Wildman–Crippen MR) is 92.6 cm³/mol. The molecule has 132 valence electrons. The summed E-state index contributed by atoms with van der Waals surface area (Å²) >= 11 is 0. The van der Waals surface area contributed by atoms with Crippen LogP contribution in [0.15, 0.2) is 30.3 Å². The zero-order chi connectivity index (χ0) is 18.4. The molecule has 5 nitrogen and oxygen atoms in total. The molecule has 0 bridgehead atoms. The largest absolute Gasteiger partial charge is 0.463 e. The smallest absolute Gasteiger partial charge is 0.330 e. The van der Waals surface area contributed by atoms with Gasteiger partial charge in [-0.1, -0.05) is 0 Å². The number of carbonyl (C=O) groups excluding carboxylic acids is 2. The van der Waals surface area contributed by atoms with Crippen molar-refractivity contribution in [1.29, 1.82) is 0 Å². The first kappa shape index (κ1) is 18.6. The predicted octanol–water partition coefficient (Wildman–Crippen LogP) is 3.40. The van der Waals surface area contributed by atoms with E-state index in [0.29, 0.717) is 12.0 Å². The Kier molecular flexibility index (Phi) is 6.22. The molecule has 0 N–H and O–H groups in total. The van der Waals surface area contributed by atoms with Crippen molar-refractivity contribution in [3.8, 4) is 0 Å². The number of rotatable bonds is 7. The van der Waals surface area contributed by atoms with Crippen molar-refractivity contribution in [2.75, 3.05) is 6.61 Å². The number of hydrogen-bond donors (Lipinski definition) is 0. The van der Waals surface area contributed by atoms with Crippen LogP contribution in [0.3, 0.4) is 0 Å². The van der Waals surface area contributed by atoms with Crippen LogP contribution >= 0.6 is 0 Å². The second-order valence-corrected chi connectivity index (χ2v) is 5.74. The molecule has 0 saturated carbocycles. The molecule has 0 spiro atoms. The molecule has 0 saturated heterocycles. The van der Waals surface area contributed by atoms with Gasteiger partial charge < -0.3 is 4.74 Å². The number of benzene rings is 1. The first-order valence-corrected chi connectivity index (χ1v) is 8.02. The van der Waals surface area contributed by atoms with Crippen molar-refractivity contribution in [3.05, 3.63) is 58.7 Å². The maximum absolute atomic E-state index is 12.8. The molecule has 0 aliphatic carbocycles. The summed E-state index contributed by atoms with van der Waals surface area (Å²) < 4.78 is 19.7. The molecule has 1 heterocycles. The van der Waals surface area contributed by atoms with Crippen LogP contribution in [0.4, 0.5) is 4.39 Å². The molecule has 25 heavy (non-hydrogen) atoms. The molecule has 0 radical (unpaired) electrons. The topological polar surface area (TPSA) is 61.2 Å². The van der Waals surface area contributed by atoms with Crippen molar-refractivity contribution in [3.63, 3.8) is 0 Å². The first-order chi connectivity index (χ1) is 11.9. The Morgan fingerprint density at radius 3 is 2.52 bits per heavy atom. The molecule has 0 aliphatic heterocycles. The normalized spacial score (nSPS) is 11.0. The van der Waals surface area contributed by atoms with Gasteiger partial charge in [0.1, 0.15) is 5.82 Å². The Hall–Kier alpha value is -2.76. The van der Waals surface area contributed by atoms with Gasteiger partial charge >= 0.3 is 5.97 Å². The Balaban J connectivity index is 1.76. The molecule has 0 atom stereocenters. The van der Waals surface area contributed by atoms with E-state index < -0.39 is 5.97 Å². The van der Waals surface area contributed by atoms with Gasteiger partial charge in [-0.05, 0) is 50.6 Å². The van der Waals surface area contributed by atoms with Gasteiger partial charge in [0.05, 0.1) is 12.3 Å².